The Hall–Kier alpha value is -8.28. The molecule has 2 aliphatic heterocycles. The van der Waals surface area contributed by atoms with E-state index in [1.807, 2.05) is 0 Å². The highest BCUT2D eigenvalue weighted by Gasteiger charge is 2.46. The van der Waals surface area contributed by atoms with E-state index in [2.05, 4.69) is 331 Å². The molecule has 0 unspecified atom stereocenters. The van der Waals surface area contributed by atoms with Crippen LogP contribution >= 0.6 is 0 Å². The van der Waals surface area contributed by atoms with Crippen LogP contribution in [0.3, 0.4) is 0 Å². The molecule has 0 atom stereocenters. The second kappa shape index (κ2) is 19.9. The van der Waals surface area contributed by atoms with Gasteiger partial charge >= 0.3 is 6.85 Å². The molecule has 0 radical (unpaired) electrons. The molecule has 11 aromatic rings. The molecular weight excluding hydrogens is 1060 g/mol. The minimum absolute atomic E-state index is 0.0000404. The summed E-state index contributed by atoms with van der Waals surface area (Å²) in [5, 5.41) is 5.03. The van der Waals surface area contributed by atoms with E-state index in [9.17, 15) is 0 Å². The molecule has 4 nitrogen and oxygen atoms in total. The quantitative estimate of drug-likeness (QED) is 0.148. The van der Waals surface area contributed by atoms with Crippen molar-refractivity contribution in [1.82, 2.24) is 4.57 Å². The van der Waals surface area contributed by atoms with Crippen molar-refractivity contribution in [1.29, 1.82) is 0 Å². The van der Waals surface area contributed by atoms with E-state index in [0.717, 1.165) is 47.0 Å². The fourth-order valence-corrected chi connectivity index (χ4v) is 14.9. The molecule has 0 saturated carbocycles. The molecule has 1 aliphatic carbocycles. The lowest BCUT2D eigenvalue weighted by Gasteiger charge is -2.46. The van der Waals surface area contributed by atoms with Gasteiger partial charge in [0.15, 0.2) is 0 Å². The molecule has 0 bridgehead atoms. The smallest absolute Gasteiger partial charge is 0.333 e. The van der Waals surface area contributed by atoms with Crippen molar-refractivity contribution >= 4 is 95.9 Å². The van der Waals surface area contributed by atoms with Gasteiger partial charge in [0.25, 0.3) is 0 Å². The zero-order chi connectivity index (χ0) is 61.9. The summed E-state index contributed by atoms with van der Waals surface area (Å²) in [5.41, 5.74) is 27.5. The van der Waals surface area contributed by atoms with Gasteiger partial charge in [-0.05, 0) is 216 Å². The summed E-state index contributed by atoms with van der Waals surface area (Å²) in [4.78, 5) is 7.79. The Morgan fingerprint density at radius 2 is 0.830 bits per heavy atom. The van der Waals surface area contributed by atoms with E-state index < -0.39 is 0 Å². The summed E-state index contributed by atoms with van der Waals surface area (Å²) in [7, 11) is 0. The van der Waals surface area contributed by atoms with Crippen molar-refractivity contribution in [3.63, 3.8) is 0 Å². The van der Waals surface area contributed by atoms with E-state index in [4.69, 9.17) is 0 Å². The number of nitrogens with zero attached hydrogens (tertiary/aromatic N) is 4. The fraction of sp³-hybridized carbons (Fsp3) is 0.301. The summed E-state index contributed by atoms with van der Waals surface area (Å²) in [6.45, 7) is 39.8. The second-order valence-electron chi connectivity index (χ2n) is 31.5. The van der Waals surface area contributed by atoms with Gasteiger partial charge in [-0.25, -0.2) is 0 Å². The minimum Gasteiger partial charge on any atom is -0.376 e. The van der Waals surface area contributed by atoms with Gasteiger partial charge in [-0.15, -0.1) is 0 Å². The summed E-state index contributed by atoms with van der Waals surface area (Å²) in [6, 6.07) is 76.1. The molecule has 0 fully saturated rings. The van der Waals surface area contributed by atoms with Crippen molar-refractivity contribution in [3.8, 4) is 16.8 Å². The van der Waals surface area contributed by atoms with Crippen molar-refractivity contribution in [3.05, 3.63) is 233 Å². The van der Waals surface area contributed by atoms with Crippen LogP contribution in [0.2, 0.25) is 0 Å². The topological polar surface area (TPSA) is 14.7 Å². The Balaban J connectivity index is 1.12. The van der Waals surface area contributed by atoms with E-state index in [1.54, 1.807) is 0 Å². The molecule has 3 aliphatic rings. The maximum atomic E-state index is 2.78. The van der Waals surface area contributed by atoms with E-state index in [1.165, 1.54) is 111 Å². The Bertz CT molecular complexity index is 4470. The van der Waals surface area contributed by atoms with Crippen LogP contribution in [0.1, 0.15) is 163 Å². The first kappa shape index (κ1) is 57.5. The largest absolute Gasteiger partial charge is 0.376 e. The van der Waals surface area contributed by atoms with Gasteiger partial charge in [0.2, 0.25) is 0 Å². The van der Waals surface area contributed by atoms with E-state index in [0.29, 0.717) is 0 Å². The van der Waals surface area contributed by atoms with Gasteiger partial charge in [0.1, 0.15) is 0 Å². The molecule has 5 heteroatoms. The van der Waals surface area contributed by atoms with Crippen LogP contribution in [0, 0.1) is 6.92 Å². The van der Waals surface area contributed by atoms with Gasteiger partial charge in [-0.1, -0.05) is 208 Å². The predicted octanol–water partition coefficient (Wildman–Crippen LogP) is 22.0. The maximum absolute atomic E-state index is 2.78. The minimum atomic E-state index is -0.166. The first-order valence-electron chi connectivity index (χ1n) is 32.3. The molecule has 0 saturated heterocycles. The van der Waals surface area contributed by atoms with E-state index >= 15 is 0 Å². The van der Waals surface area contributed by atoms with Crippen molar-refractivity contribution in [2.24, 2.45) is 0 Å². The predicted molar refractivity (Wildman–Crippen MR) is 382 cm³/mol. The molecule has 0 N–H and O–H groups in total. The molecular formula is C83H87BN4. The number of aromatic nitrogens is 1. The van der Waals surface area contributed by atoms with Crippen LogP contribution in [-0.4, -0.2) is 11.4 Å². The lowest BCUT2D eigenvalue weighted by atomic mass is 9.44. The SMILES string of the molecule is Cc1cc2c(cc1N1B3c4c(cc(N(c5ccc(C(C)(C)C)cc5)c5ccc(C(C)(C)C)cc5)cc4-n4c5cc6ccccc6cc5c5cccc3c54)-c3cc(N(c4ccc(C(C)(C)C)cc4)c4ccc(C(C)(C)C)cc4)ccc31)C(C)(C)CCC2(C)C. The third-order valence-corrected chi connectivity index (χ3v) is 20.3. The molecule has 0 spiro atoms. The maximum Gasteiger partial charge on any atom is 0.333 e. The number of hydrogen-bond donors (Lipinski definition) is 0. The summed E-state index contributed by atoms with van der Waals surface area (Å²) in [5.74, 6) is 0. The lowest BCUT2D eigenvalue weighted by Crippen LogP contribution is -2.60. The van der Waals surface area contributed by atoms with Gasteiger partial charge < -0.3 is 19.2 Å². The second-order valence-corrected chi connectivity index (χ2v) is 31.5. The third kappa shape index (κ3) is 9.39. The lowest BCUT2D eigenvalue weighted by molar-refractivity contribution is 0.332. The zero-order valence-corrected chi connectivity index (χ0v) is 55.3. The van der Waals surface area contributed by atoms with Gasteiger partial charge in [-0.3, -0.25) is 0 Å². The summed E-state index contributed by atoms with van der Waals surface area (Å²) < 4.78 is 2.66. The van der Waals surface area contributed by atoms with Crippen LogP contribution in [0.5, 0.6) is 0 Å². The van der Waals surface area contributed by atoms with Crippen molar-refractivity contribution < 1.29 is 0 Å². The van der Waals surface area contributed by atoms with Gasteiger partial charge in [-0.2, -0.15) is 0 Å². The Morgan fingerprint density at radius 1 is 0.386 bits per heavy atom. The monoisotopic (exact) mass is 1150 g/mol. The Kier molecular flexibility index (Phi) is 13.0. The number of benzene rings is 10. The molecule has 88 heavy (non-hydrogen) atoms. The highest BCUT2D eigenvalue weighted by atomic mass is 15.2. The van der Waals surface area contributed by atoms with Gasteiger partial charge in [0.05, 0.1) is 11.0 Å². The molecule has 14 rings (SSSR count). The van der Waals surface area contributed by atoms with Crippen molar-refractivity contribution in [2.75, 3.05) is 14.6 Å². The van der Waals surface area contributed by atoms with E-state index in [-0.39, 0.29) is 39.3 Å². The van der Waals surface area contributed by atoms with Crippen LogP contribution in [0.4, 0.5) is 45.5 Å². The molecule has 3 heterocycles. The Morgan fingerprint density at radius 3 is 1.32 bits per heavy atom. The molecule has 10 aromatic carbocycles. The number of fused-ring (bicyclic) bond motifs is 9. The first-order chi connectivity index (χ1) is 41.5. The molecule has 0 amide bonds. The summed E-state index contributed by atoms with van der Waals surface area (Å²) >= 11 is 0. The van der Waals surface area contributed by atoms with Crippen LogP contribution < -0.4 is 25.5 Å². The zero-order valence-electron chi connectivity index (χ0n) is 55.3. The number of hydrogen-bond acceptors (Lipinski definition) is 3. The number of aryl methyl sites for hydroxylation is 1. The van der Waals surface area contributed by atoms with Crippen molar-refractivity contribution in [2.45, 2.75) is 163 Å². The first-order valence-corrected chi connectivity index (χ1v) is 32.3. The van der Waals surface area contributed by atoms with Crippen LogP contribution in [-0.2, 0) is 32.5 Å². The normalized spacial score (nSPS) is 15.1. The third-order valence-electron chi connectivity index (χ3n) is 20.3. The standard InChI is InChI=1S/C83H87BN4/c1-52-45-69-70(83(16,17)44-43-82(69,14)15)51-73(52)88-72-42-41-63(85(59-33-25-55(26-34-59)78(2,3)4)60-35-27-56(28-36-60)79(5,6)7)48-67(72)68-49-64(86(61-37-29-57(30-38-61)80(8,9)10)62-39-31-58(32-40-62)81(11,12)13)50-75-76(68)84(88)71-24-20-23-65-66-46-53-21-18-19-22-54(53)47-74(66)87(75)77(65)71/h18-42,45-51H,43-44H2,1-17H3. The number of anilines is 8. The molecule has 442 valence electrons. The fourth-order valence-electron chi connectivity index (χ4n) is 14.9. The average Bonchev–Trinajstić information content (AvgIpc) is 1.05. The van der Waals surface area contributed by atoms with Crippen LogP contribution in [0.15, 0.2) is 194 Å². The van der Waals surface area contributed by atoms with Crippen LogP contribution in [0.25, 0.3) is 49.4 Å². The highest BCUT2D eigenvalue weighted by Crippen LogP contribution is 2.53. The Labute approximate surface area is 525 Å². The van der Waals surface area contributed by atoms with Gasteiger partial charge in [0, 0.05) is 67.5 Å². The number of rotatable bonds is 7. The summed E-state index contributed by atoms with van der Waals surface area (Å²) in [6.07, 6.45) is 2.30. The molecule has 1 aromatic heterocycles. The average molecular weight is 1150 g/mol. The number of para-hydroxylation sites is 1. The highest BCUT2D eigenvalue weighted by molar-refractivity contribution is 6.93.